The second kappa shape index (κ2) is 8.42. The molecule has 0 saturated heterocycles. The summed E-state index contributed by atoms with van der Waals surface area (Å²) < 4.78 is 33.2. The van der Waals surface area contributed by atoms with Crippen LogP contribution in [0.15, 0.2) is 52.0 Å². The van der Waals surface area contributed by atoms with E-state index >= 15 is 0 Å². The normalized spacial score (nSPS) is 13.1. The molecule has 7 heteroatoms. The Kier molecular flexibility index (Phi) is 6.52. The highest BCUT2D eigenvalue weighted by molar-refractivity contribution is 7.89. The Morgan fingerprint density at radius 3 is 2.28 bits per heavy atom. The first-order valence-corrected chi connectivity index (χ1v) is 9.75. The van der Waals surface area contributed by atoms with E-state index in [1.807, 2.05) is 19.9 Å². The molecule has 0 saturated carbocycles. The lowest BCUT2D eigenvalue weighted by atomic mass is 10.2. The molecule has 1 N–H and O–H groups in total. The van der Waals surface area contributed by atoms with Crippen LogP contribution in [0.1, 0.15) is 42.9 Å². The first-order chi connectivity index (χ1) is 11.9. The number of rotatable bonds is 9. The van der Waals surface area contributed by atoms with Gasteiger partial charge in [-0.15, -0.1) is 0 Å². The third-order valence-corrected chi connectivity index (χ3v) is 5.60. The second-order valence-electron chi connectivity index (χ2n) is 5.68. The number of hydrogen-bond donors (Lipinski definition) is 1. The largest absolute Gasteiger partial charge is 0.468 e. The molecule has 2 aromatic rings. The lowest BCUT2D eigenvalue weighted by molar-refractivity contribution is 0.101. The minimum Gasteiger partial charge on any atom is -0.468 e. The van der Waals surface area contributed by atoms with Crippen molar-refractivity contribution in [3.63, 3.8) is 0 Å². The Labute approximate surface area is 148 Å². The Morgan fingerprint density at radius 2 is 1.80 bits per heavy atom. The number of carbonyl (C=O) groups is 1. The zero-order valence-corrected chi connectivity index (χ0v) is 15.5. The van der Waals surface area contributed by atoms with Gasteiger partial charge in [-0.25, -0.2) is 13.1 Å². The van der Waals surface area contributed by atoms with E-state index in [1.54, 1.807) is 12.3 Å². The van der Waals surface area contributed by atoms with Crippen LogP contribution in [0.2, 0.25) is 0 Å². The topological polar surface area (TPSA) is 79.6 Å². The van der Waals surface area contributed by atoms with Crippen LogP contribution in [-0.2, 0) is 10.0 Å². The van der Waals surface area contributed by atoms with Crippen LogP contribution in [0.5, 0.6) is 0 Å². The molecule has 6 nitrogen and oxygen atoms in total. The molecule has 0 spiro atoms. The number of Topliss-reactive ketones (excluding diaryl/α,β-unsaturated/α-hetero) is 1. The fraction of sp³-hybridized carbons (Fsp3) is 0.389. The van der Waals surface area contributed by atoms with Crippen molar-refractivity contribution in [2.24, 2.45) is 0 Å². The number of carbonyl (C=O) groups excluding carboxylic acids is 1. The fourth-order valence-corrected chi connectivity index (χ4v) is 3.73. The molecule has 25 heavy (non-hydrogen) atoms. The van der Waals surface area contributed by atoms with Crippen molar-refractivity contribution in [1.29, 1.82) is 0 Å². The van der Waals surface area contributed by atoms with Crippen molar-refractivity contribution in [3.8, 4) is 0 Å². The molecular weight excluding hydrogens is 340 g/mol. The molecular formula is C18H24N2O4S. The van der Waals surface area contributed by atoms with E-state index < -0.39 is 10.0 Å². The van der Waals surface area contributed by atoms with Crippen molar-refractivity contribution in [1.82, 2.24) is 9.62 Å². The molecule has 1 atom stereocenters. The molecule has 2 rings (SSSR count). The lowest BCUT2D eigenvalue weighted by Crippen LogP contribution is -2.37. The van der Waals surface area contributed by atoms with Crippen LogP contribution in [0.3, 0.4) is 0 Å². The van der Waals surface area contributed by atoms with E-state index in [9.17, 15) is 13.2 Å². The average Bonchev–Trinajstić information content (AvgIpc) is 3.13. The van der Waals surface area contributed by atoms with Gasteiger partial charge in [-0.3, -0.25) is 9.69 Å². The van der Waals surface area contributed by atoms with Crippen molar-refractivity contribution >= 4 is 15.8 Å². The van der Waals surface area contributed by atoms with E-state index in [4.69, 9.17) is 4.42 Å². The molecule has 1 heterocycles. The molecule has 0 bridgehead atoms. The molecule has 0 aliphatic rings. The molecule has 0 radical (unpaired) electrons. The Bertz CT molecular complexity index is 779. The molecule has 0 fully saturated rings. The van der Waals surface area contributed by atoms with Gasteiger partial charge in [-0.05, 0) is 44.3 Å². The van der Waals surface area contributed by atoms with Crippen molar-refractivity contribution in [3.05, 3.63) is 54.0 Å². The highest BCUT2D eigenvalue weighted by Gasteiger charge is 2.23. The summed E-state index contributed by atoms with van der Waals surface area (Å²) in [7, 11) is -3.67. The molecule has 0 aliphatic carbocycles. The summed E-state index contributed by atoms with van der Waals surface area (Å²) in [5, 5.41) is 0. The maximum atomic E-state index is 12.5. The number of sulfonamides is 1. The van der Waals surface area contributed by atoms with Crippen molar-refractivity contribution < 1.29 is 17.6 Å². The molecule has 0 unspecified atom stereocenters. The van der Waals surface area contributed by atoms with Crippen molar-refractivity contribution in [2.45, 2.75) is 31.7 Å². The molecule has 1 aromatic heterocycles. The number of likely N-dealkylation sites (N-methyl/N-ethyl adjacent to an activating group) is 1. The number of nitrogens with one attached hydrogen (secondary N) is 1. The quantitative estimate of drug-likeness (QED) is 0.692. The van der Waals surface area contributed by atoms with E-state index in [0.717, 1.165) is 18.8 Å². The van der Waals surface area contributed by atoms with Gasteiger partial charge in [0.05, 0.1) is 17.2 Å². The van der Waals surface area contributed by atoms with Gasteiger partial charge >= 0.3 is 0 Å². The zero-order valence-electron chi connectivity index (χ0n) is 14.7. The first-order valence-electron chi connectivity index (χ1n) is 8.27. The maximum absolute atomic E-state index is 12.5. The lowest BCUT2D eigenvalue weighted by Gasteiger charge is -2.28. The summed E-state index contributed by atoms with van der Waals surface area (Å²) in [5.74, 6) is 0.620. The molecule has 1 aromatic carbocycles. The summed E-state index contributed by atoms with van der Waals surface area (Å²) in [6, 6.07) is 9.38. The monoisotopic (exact) mass is 364 g/mol. The van der Waals surface area contributed by atoms with Gasteiger partial charge < -0.3 is 4.42 Å². The predicted molar refractivity (Wildman–Crippen MR) is 96.0 cm³/mol. The standard InChI is InChI=1S/C18H24N2O4S/c1-4-20(5-2)17(18-7-6-12-24-18)13-19-25(22,23)16-10-8-15(9-11-16)14(3)21/h6-12,17,19H,4-5,13H2,1-3H3/t17-/m0/s1. The molecule has 0 aliphatic heterocycles. The van der Waals surface area contributed by atoms with E-state index in [-0.39, 0.29) is 23.3 Å². The third kappa shape index (κ3) is 4.78. The van der Waals surface area contributed by atoms with Gasteiger partial charge in [0.15, 0.2) is 5.78 Å². The van der Waals surface area contributed by atoms with Gasteiger partial charge in [-0.1, -0.05) is 26.0 Å². The zero-order chi connectivity index (χ0) is 18.4. The molecule has 136 valence electrons. The van der Waals surface area contributed by atoms with E-state index in [1.165, 1.54) is 31.2 Å². The van der Waals surface area contributed by atoms with Crippen molar-refractivity contribution in [2.75, 3.05) is 19.6 Å². The summed E-state index contributed by atoms with van der Waals surface area (Å²) >= 11 is 0. The molecule has 0 amide bonds. The van der Waals surface area contributed by atoms with E-state index in [2.05, 4.69) is 9.62 Å². The first kappa shape index (κ1) is 19.4. The Hall–Kier alpha value is -1.96. The van der Waals surface area contributed by atoms with Crippen LogP contribution in [0.25, 0.3) is 0 Å². The van der Waals surface area contributed by atoms with Gasteiger partial charge in [0.25, 0.3) is 0 Å². The van der Waals surface area contributed by atoms with Gasteiger partial charge in [0, 0.05) is 12.1 Å². The smallest absolute Gasteiger partial charge is 0.240 e. The number of nitrogens with zero attached hydrogens (tertiary/aromatic N) is 1. The number of ketones is 1. The predicted octanol–water partition coefficient (Wildman–Crippen LogP) is 2.84. The third-order valence-electron chi connectivity index (χ3n) is 4.16. The van der Waals surface area contributed by atoms with E-state index in [0.29, 0.717) is 5.56 Å². The summed E-state index contributed by atoms with van der Waals surface area (Å²) in [4.78, 5) is 13.6. The van der Waals surface area contributed by atoms with Crippen LogP contribution in [0.4, 0.5) is 0 Å². The van der Waals surface area contributed by atoms with Gasteiger partial charge in [0.2, 0.25) is 10.0 Å². The average molecular weight is 364 g/mol. The van der Waals surface area contributed by atoms with Crippen LogP contribution in [-0.4, -0.2) is 38.7 Å². The number of furan rings is 1. The van der Waals surface area contributed by atoms with Crippen LogP contribution >= 0.6 is 0 Å². The summed E-state index contributed by atoms with van der Waals surface area (Å²) in [6.07, 6.45) is 1.58. The Balaban J connectivity index is 2.16. The van der Waals surface area contributed by atoms with Gasteiger partial charge in [0.1, 0.15) is 5.76 Å². The summed E-state index contributed by atoms with van der Waals surface area (Å²) in [6.45, 7) is 7.24. The highest BCUT2D eigenvalue weighted by atomic mass is 32.2. The maximum Gasteiger partial charge on any atom is 0.240 e. The SMILES string of the molecule is CCN(CC)[C@@H](CNS(=O)(=O)c1ccc(C(C)=O)cc1)c1ccco1. The number of hydrogen-bond acceptors (Lipinski definition) is 5. The van der Waals surface area contributed by atoms with Crippen LogP contribution < -0.4 is 4.72 Å². The minimum absolute atomic E-state index is 0.101. The van der Waals surface area contributed by atoms with Gasteiger partial charge in [-0.2, -0.15) is 0 Å². The highest BCUT2D eigenvalue weighted by Crippen LogP contribution is 2.21. The fourth-order valence-electron chi connectivity index (χ4n) is 2.70. The number of benzene rings is 1. The minimum atomic E-state index is -3.67. The Morgan fingerprint density at radius 1 is 1.16 bits per heavy atom. The summed E-state index contributed by atoms with van der Waals surface area (Å²) in [5.41, 5.74) is 0.482. The van der Waals surface area contributed by atoms with Crippen LogP contribution in [0, 0.1) is 0 Å². The second-order valence-corrected chi connectivity index (χ2v) is 7.45.